The highest BCUT2D eigenvalue weighted by Gasteiger charge is 2.11. The summed E-state index contributed by atoms with van der Waals surface area (Å²) in [6.07, 6.45) is 0.405. The van der Waals surface area contributed by atoms with Crippen molar-refractivity contribution >= 4 is 29.4 Å². The van der Waals surface area contributed by atoms with Crippen LogP contribution in [0.15, 0.2) is 0 Å². The predicted octanol–water partition coefficient (Wildman–Crippen LogP) is 0.285. The van der Waals surface area contributed by atoms with Crippen molar-refractivity contribution in [3.05, 3.63) is 0 Å². The first kappa shape index (κ1) is 9.23. The molecular formula is C6H9NO2S. The summed E-state index contributed by atoms with van der Waals surface area (Å²) in [6, 6.07) is 0. The third kappa shape index (κ3) is 2.68. The Morgan fingerprint density at radius 2 is 2.10 bits per heavy atom. The van der Waals surface area contributed by atoms with Crippen LogP contribution in [0.1, 0.15) is 13.8 Å². The average Bonchev–Trinajstić information content (AvgIpc) is 1.87. The second-order valence-corrected chi connectivity index (χ2v) is 2.52. The lowest BCUT2D eigenvalue weighted by Gasteiger charge is -2.02. The number of rotatable bonds is 3. The van der Waals surface area contributed by atoms with Crippen molar-refractivity contribution in [3.8, 4) is 0 Å². The Labute approximate surface area is 64.8 Å². The summed E-state index contributed by atoms with van der Waals surface area (Å²) in [6.45, 7) is 3.45. The number of hydrogen-bond acceptors (Lipinski definition) is 3. The van der Waals surface area contributed by atoms with Crippen molar-refractivity contribution in [1.82, 2.24) is 5.32 Å². The lowest BCUT2D eigenvalue weighted by Crippen LogP contribution is -2.30. The van der Waals surface area contributed by atoms with Crippen molar-refractivity contribution in [2.24, 2.45) is 5.92 Å². The van der Waals surface area contributed by atoms with Gasteiger partial charge in [-0.3, -0.25) is 9.59 Å². The van der Waals surface area contributed by atoms with Crippen LogP contribution in [0.3, 0.4) is 0 Å². The maximum Gasteiger partial charge on any atom is 0.212 e. The molecule has 0 atom stereocenters. The van der Waals surface area contributed by atoms with E-state index in [2.05, 4.69) is 17.5 Å². The van der Waals surface area contributed by atoms with E-state index in [1.54, 1.807) is 13.8 Å². The molecule has 1 amide bonds. The Morgan fingerprint density at radius 3 is 2.40 bits per heavy atom. The highest BCUT2D eigenvalue weighted by Crippen LogP contribution is 1.94. The molecule has 10 heavy (non-hydrogen) atoms. The molecule has 0 aliphatic heterocycles. The zero-order valence-corrected chi connectivity index (χ0v) is 6.70. The largest absolute Gasteiger partial charge is 0.317 e. The van der Waals surface area contributed by atoms with Crippen molar-refractivity contribution in [2.45, 2.75) is 13.8 Å². The molecule has 56 valence electrons. The minimum Gasteiger partial charge on any atom is -0.317 e. The van der Waals surface area contributed by atoms with Gasteiger partial charge >= 0.3 is 0 Å². The van der Waals surface area contributed by atoms with E-state index < -0.39 is 0 Å². The average molecular weight is 159 g/mol. The molecular weight excluding hydrogens is 150 g/mol. The summed E-state index contributed by atoms with van der Waals surface area (Å²) >= 11 is 4.56. The summed E-state index contributed by atoms with van der Waals surface area (Å²) in [4.78, 5) is 20.7. The van der Waals surface area contributed by atoms with Crippen LogP contribution in [-0.4, -0.2) is 17.2 Å². The molecule has 0 rings (SSSR count). The third-order valence-corrected chi connectivity index (χ3v) is 1.26. The van der Waals surface area contributed by atoms with Crippen molar-refractivity contribution in [3.63, 3.8) is 0 Å². The lowest BCUT2D eigenvalue weighted by atomic mass is 10.1. The fourth-order valence-corrected chi connectivity index (χ4v) is 0.671. The normalized spacial score (nSPS) is 9.10. The van der Waals surface area contributed by atoms with Crippen LogP contribution < -0.4 is 5.32 Å². The van der Waals surface area contributed by atoms with Gasteiger partial charge in [-0.05, 0) is 0 Å². The molecule has 0 aliphatic carbocycles. The van der Waals surface area contributed by atoms with Gasteiger partial charge in [0, 0.05) is 5.92 Å². The fraction of sp³-hybridized carbons (Fsp3) is 0.500. The van der Waals surface area contributed by atoms with E-state index in [0.29, 0.717) is 6.41 Å². The number of ketones is 1. The molecule has 0 aromatic rings. The zero-order valence-electron chi connectivity index (χ0n) is 5.88. The minimum atomic E-state index is -0.206. The second-order valence-electron chi connectivity index (χ2n) is 2.11. The van der Waals surface area contributed by atoms with Crippen LogP contribution in [0.5, 0.6) is 0 Å². The monoisotopic (exact) mass is 159 g/mol. The van der Waals surface area contributed by atoms with Gasteiger partial charge in [0.15, 0.2) is 5.78 Å². The first-order valence-electron chi connectivity index (χ1n) is 2.88. The van der Waals surface area contributed by atoms with E-state index in [0.717, 1.165) is 0 Å². The van der Waals surface area contributed by atoms with E-state index in [1.165, 1.54) is 0 Å². The van der Waals surface area contributed by atoms with Gasteiger partial charge in [-0.15, -0.1) is 0 Å². The highest BCUT2D eigenvalue weighted by molar-refractivity contribution is 7.82. The molecule has 0 bridgehead atoms. The van der Waals surface area contributed by atoms with Crippen molar-refractivity contribution < 1.29 is 9.59 Å². The number of amides is 1. The van der Waals surface area contributed by atoms with E-state index in [9.17, 15) is 9.59 Å². The Hall–Kier alpha value is -0.770. The number of Topliss-reactive ketones (excluding diaryl/α,β-unsaturated/α-hetero) is 1. The topological polar surface area (TPSA) is 46.2 Å². The highest BCUT2D eigenvalue weighted by atomic mass is 32.1. The number of carbonyl (C=O) groups is 2. The summed E-state index contributed by atoms with van der Waals surface area (Å²) < 4.78 is 0. The van der Waals surface area contributed by atoms with Crippen LogP contribution in [0.2, 0.25) is 0 Å². The Bertz CT molecular complexity index is 165. The number of hydrogen-bond donors (Lipinski definition) is 1. The maximum atomic E-state index is 10.9. The molecule has 0 aromatic heterocycles. The van der Waals surface area contributed by atoms with Crippen LogP contribution in [0, 0.1) is 5.92 Å². The first-order valence-corrected chi connectivity index (χ1v) is 3.28. The molecule has 0 unspecified atom stereocenters. The predicted molar refractivity (Wildman–Crippen MR) is 41.6 cm³/mol. The van der Waals surface area contributed by atoms with Gasteiger partial charge in [0.25, 0.3) is 0 Å². The number of thiocarbonyl (C=S) groups is 1. The molecule has 0 radical (unpaired) electrons. The molecule has 0 aromatic carbocycles. The number of nitrogens with one attached hydrogen (secondary N) is 1. The standard InChI is InChI=1S/C6H9NO2S/c1-4(2)5(9)6(10)7-3-8/h3-4H,1-2H3,(H,7,8,10). The molecule has 1 N–H and O–H groups in total. The zero-order chi connectivity index (χ0) is 8.15. The van der Waals surface area contributed by atoms with E-state index in [-0.39, 0.29) is 16.7 Å². The molecule has 0 aliphatic rings. The Kier molecular flexibility index (Phi) is 3.79. The summed E-state index contributed by atoms with van der Waals surface area (Å²) in [5, 5.41) is 2.13. The van der Waals surface area contributed by atoms with Crippen LogP contribution >= 0.6 is 12.2 Å². The van der Waals surface area contributed by atoms with Gasteiger partial charge in [-0.25, -0.2) is 0 Å². The molecule has 0 saturated heterocycles. The number of carbonyl (C=O) groups excluding carboxylic acids is 2. The SMILES string of the molecule is CC(C)C(=O)C(=S)NC=O. The summed E-state index contributed by atoms with van der Waals surface area (Å²) in [7, 11) is 0. The maximum absolute atomic E-state index is 10.9. The van der Waals surface area contributed by atoms with Crippen LogP contribution in [-0.2, 0) is 9.59 Å². The molecule has 4 heteroatoms. The molecule has 0 spiro atoms. The van der Waals surface area contributed by atoms with E-state index >= 15 is 0 Å². The van der Waals surface area contributed by atoms with Gasteiger partial charge in [-0.1, -0.05) is 26.1 Å². The minimum absolute atomic E-state index is 0.00926. The summed E-state index contributed by atoms with van der Waals surface area (Å²) in [5.41, 5.74) is 0. The van der Waals surface area contributed by atoms with Crippen LogP contribution in [0.4, 0.5) is 0 Å². The smallest absolute Gasteiger partial charge is 0.212 e. The quantitative estimate of drug-likeness (QED) is 0.475. The van der Waals surface area contributed by atoms with E-state index in [4.69, 9.17) is 0 Å². The molecule has 3 nitrogen and oxygen atoms in total. The molecule has 0 fully saturated rings. The Morgan fingerprint density at radius 1 is 1.60 bits per heavy atom. The van der Waals surface area contributed by atoms with Gasteiger partial charge in [0.05, 0.1) is 0 Å². The van der Waals surface area contributed by atoms with Crippen molar-refractivity contribution in [2.75, 3.05) is 0 Å². The third-order valence-electron chi connectivity index (χ3n) is 0.938. The first-order chi connectivity index (χ1) is 4.59. The molecule has 0 heterocycles. The second kappa shape index (κ2) is 4.11. The van der Waals surface area contributed by atoms with Gasteiger partial charge in [-0.2, -0.15) is 0 Å². The van der Waals surface area contributed by atoms with Gasteiger partial charge in [0.1, 0.15) is 4.99 Å². The lowest BCUT2D eigenvalue weighted by molar-refractivity contribution is -0.116. The van der Waals surface area contributed by atoms with Crippen LogP contribution in [0.25, 0.3) is 0 Å². The van der Waals surface area contributed by atoms with Gasteiger partial charge in [0.2, 0.25) is 6.41 Å². The van der Waals surface area contributed by atoms with Gasteiger partial charge < -0.3 is 5.32 Å². The van der Waals surface area contributed by atoms with E-state index in [1.807, 2.05) is 0 Å². The van der Waals surface area contributed by atoms with Crippen molar-refractivity contribution in [1.29, 1.82) is 0 Å². The Balaban J connectivity index is 3.95. The summed E-state index contributed by atoms with van der Waals surface area (Å²) in [5.74, 6) is -0.359. The molecule has 0 saturated carbocycles. The fourth-order valence-electron chi connectivity index (χ4n) is 0.387.